The molecule has 0 aliphatic rings. The zero-order chi connectivity index (χ0) is 17.7. The number of ether oxygens (including phenoxy) is 6. The van der Waals surface area contributed by atoms with Gasteiger partial charge in [-0.3, -0.25) is 4.79 Å². The van der Waals surface area contributed by atoms with Crippen LogP contribution in [0.15, 0.2) is 12.7 Å². The second kappa shape index (κ2) is 20.0. The minimum Gasteiger partial charge on any atom is -0.463 e. The van der Waals surface area contributed by atoms with Gasteiger partial charge in [0.15, 0.2) is 0 Å². The quantitative estimate of drug-likeness (QED) is 0.200. The molecule has 142 valence electrons. The molecule has 0 radical (unpaired) electrons. The Labute approximate surface area is 144 Å². The molecule has 0 aromatic heterocycles. The van der Waals surface area contributed by atoms with Gasteiger partial charge in [0.1, 0.15) is 6.61 Å². The first-order valence-electron chi connectivity index (χ1n) is 8.16. The molecule has 8 nitrogen and oxygen atoms in total. The van der Waals surface area contributed by atoms with Crippen molar-refractivity contribution in [3.8, 4) is 0 Å². The normalized spacial score (nSPS) is 10.7. The summed E-state index contributed by atoms with van der Waals surface area (Å²) in [6.45, 7) is 9.06. The van der Waals surface area contributed by atoms with Crippen molar-refractivity contribution in [2.75, 3.05) is 79.2 Å². The summed E-state index contributed by atoms with van der Waals surface area (Å²) in [4.78, 5) is 11.0. The molecule has 0 saturated heterocycles. The van der Waals surface area contributed by atoms with Crippen LogP contribution in [0.3, 0.4) is 0 Å². The molecule has 0 amide bonds. The lowest BCUT2D eigenvalue weighted by Gasteiger charge is -2.08. The molecule has 0 fully saturated rings. The summed E-state index contributed by atoms with van der Waals surface area (Å²) in [5.74, 6) is -0.303. The average Bonchev–Trinajstić information content (AvgIpc) is 2.58. The summed E-state index contributed by atoms with van der Waals surface area (Å²) in [5, 5.41) is 0. The summed E-state index contributed by atoms with van der Waals surface area (Å²) in [7, 11) is 0. The molecule has 0 heterocycles. The number of hydrogen-bond donors (Lipinski definition) is 1. The topological polar surface area (TPSA) is 98.5 Å². The molecule has 0 unspecified atom stereocenters. The van der Waals surface area contributed by atoms with Gasteiger partial charge < -0.3 is 34.2 Å². The van der Waals surface area contributed by atoms with Crippen molar-refractivity contribution in [2.45, 2.75) is 6.42 Å². The summed E-state index contributed by atoms with van der Waals surface area (Å²) < 4.78 is 31.3. The first-order valence-corrected chi connectivity index (χ1v) is 8.16. The van der Waals surface area contributed by atoms with Crippen LogP contribution < -0.4 is 5.73 Å². The van der Waals surface area contributed by atoms with Crippen LogP contribution in [0.25, 0.3) is 0 Å². The standard InChI is InChI=1S/C16H31NO7/c1-2-5-19-6-7-20-8-9-21-10-11-22-12-13-23-14-15-24-16(18)3-4-17/h2H,1,3-15,17H2. The van der Waals surface area contributed by atoms with E-state index < -0.39 is 0 Å². The molecule has 0 rings (SSSR count). The highest BCUT2D eigenvalue weighted by atomic mass is 16.6. The van der Waals surface area contributed by atoms with Gasteiger partial charge in [-0.2, -0.15) is 0 Å². The Morgan fingerprint density at radius 2 is 1.17 bits per heavy atom. The Bertz CT molecular complexity index is 290. The van der Waals surface area contributed by atoms with E-state index >= 15 is 0 Å². The van der Waals surface area contributed by atoms with E-state index in [1.165, 1.54) is 0 Å². The highest BCUT2D eigenvalue weighted by molar-refractivity contribution is 5.69. The summed E-state index contributed by atoms with van der Waals surface area (Å²) in [6.07, 6.45) is 1.93. The molecule has 0 aromatic rings. The van der Waals surface area contributed by atoms with Crippen LogP contribution in [0.2, 0.25) is 0 Å². The minimum absolute atomic E-state index is 0.233. The molecule has 0 aromatic carbocycles. The molecule has 0 saturated carbocycles. The average molecular weight is 349 g/mol. The summed E-state index contributed by atoms with van der Waals surface area (Å²) >= 11 is 0. The maximum Gasteiger partial charge on any atom is 0.307 e. The Kier molecular flexibility index (Phi) is 19.2. The van der Waals surface area contributed by atoms with Gasteiger partial charge in [0, 0.05) is 6.54 Å². The van der Waals surface area contributed by atoms with Crippen molar-refractivity contribution in [3.63, 3.8) is 0 Å². The zero-order valence-electron chi connectivity index (χ0n) is 14.4. The maximum absolute atomic E-state index is 11.0. The van der Waals surface area contributed by atoms with Crippen molar-refractivity contribution >= 4 is 5.97 Å². The molecule has 2 N–H and O–H groups in total. The molecule has 24 heavy (non-hydrogen) atoms. The van der Waals surface area contributed by atoms with Crippen LogP contribution >= 0.6 is 0 Å². The van der Waals surface area contributed by atoms with Gasteiger partial charge in [-0.1, -0.05) is 6.08 Å². The number of carbonyl (C=O) groups excluding carboxylic acids is 1. The molecule has 0 bridgehead atoms. The van der Waals surface area contributed by atoms with Gasteiger partial charge in [0.2, 0.25) is 0 Å². The second-order valence-electron chi connectivity index (χ2n) is 4.57. The maximum atomic E-state index is 11.0. The predicted molar refractivity (Wildman–Crippen MR) is 88.9 cm³/mol. The summed E-state index contributed by atoms with van der Waals surface area (Å²) in [5.41, 5.74) is 5.22. The van der Waals surface area contributed by atoms with E-state index in [1.807, 2.05) is 0 Å². The van der Waals surface area contributed by atoms with Crippen molar-refractivity contribution in [3.05, 3.63) is 12.7 Å². The number of carbonyl (C=O) groups is 1. The van der Waals surface area contributed by atoms with Gasteiger partial charge in [-0.15, -0.1) is 6.58 Å². The van der Waals surface area contributed by atoms with Crippen LogP contribution in [-0.4, -0.2) is 85.2 Å². The second-order valence-corrected chi connectivity index (χ2v) is 4.57. The predicted octanol–water partition coefficient (Wildman–Crippen LogP) is 0.147. The third kappa shape index (κ3) is 19.0. The lowest BCUT2D eigenvalue weighted by Crippen LogP contribution is -2.16. The molecule has 0 spiro atoms. The van der Waals surface area contributed by atoms with E-state index in [0.717, 1.165) is 0 Å². The molecular weight excluding hydrogens is 318 g/mol. The third-order valence-electron chi connectivity index (χ3n) is 2.56. The molecule has 0 atom stereocenters. The van der Waals surface area contributed by atoms with Crippen molar-refractivity contribution in [2.24, 2.45) is 5.73 Å². The first-order chi connectivity index (χ1) is 11.8. The van der Waals surface area contributed by atoms with Crippen LogP contribution in [0, 0.1) is 0 Å². The van der Waals surface area contributed by atoms with Gasteiger partial charge >= 0.3 is 5.97 Å². The van der Waals surface area contributed by atoms with E-state index in [2.05, 4.69) is 6.58 Å². The van der Waals surface area contributed by atoms with Crippen molar-refractivity contribution in [1.29, 1.82) is 0 Å². The van der Waals surface area contributed by atoms with Gasteiger partial charge in [0.05, 0.1) is 72.5 Å². The van der Waals surface area contributed by atoms with E-state index in [-0.39, 0.29) is 19.0 Å². The Morgan fingerprint density at radius 1 is 0.750 bits per heavy atom. The smallest absolute Gasteiger partial charge is 0.307 e. The Morgan fingerprint density at radius 3 is 1.58 bits per heavy atom. The van der Waals surface area contributed by atoms with Gasteiger partial charge in [-0.25, -0.2) is 0 Å². The number of nitrogens with two attached hydrogens (primary N) is 1. The first kappa shape index (κ1) is 23.0. The summed E-state index contributed by atoms with van der Waals surface area (Å²) in [6, 6.07) is 0. The zero-order valence-corrected chi connectivity index (χ0v) is 14.4. The Balaban J connectivity index is 3.02. The fraction of sp³-hybridized carbons (Fsp3) is 0.812. The van der Waals surface area contributed by atoms with Crippen LogP contribution in [-0.2, 0) is 33.2 Å². The number of esters is 1. The number of rotatable bonds is 19. The van der Waals surface area contributed by atoms with Crippen LogP contribution in [0.5, 0.6) is 0 Å². The van der Waals surface area contributed by atoms with E-state index in [1.54, 1.807) is 6.08 Å². The SMILES string of the molecule is C=CCOCCOCCOCCOCCOCCOC(=O)CCN. The minimum atomic E-state index is -0.303. The molecule has 8 heteroatoms. The highest BCUT2D eigenvalue weighted by Crippen LogP contribution is 1.86. The van der Waals surface area contributed by atoms with E-state index in [9.17, 15) is 4.79 Å². The van der Waals surface area contributed by atoms with Crippen LogP contribution in [0.1, 0.15) is 6.42 Å². The lowest BCUT2D eigenvalue weighted by atomic mass is 10.4. The lowest BCUT2D eigenvalue weighted by molar-refractivity contribution is -0.145. The highest BCUT2D eigenvalue weighted by Gasteiger charge is 1.99. The van der Waals surface area contributed by atoms with E-state index in [4.69, 9.17) is 34.2 Å². The monoisotopic (exact) mass is 349 g/mol. The number of hydrogen-bond acceptors (Lipinski definition) is 8. The van der Waals surface area contributed by atoms with Crippen molar-refractivity contribution in [1.82, 2.24) is 0 Å². The molecule has 0 aliphatic heterocycles. The van der Waals surface area contributed by atoms with Crippen molar-refractivity contribution < 1.29 is 33.2 Å². The van der Waals surface area contributed by atoms with E-state index in [0.29, 0.717) is 72.6 Å². The fourth-order valence-corrected chi connectivity index (χ4v) is 1.45. The van der Waals surface area contributed by atoms with Crippen LogP contribution in [0.4, 0.5) is 0 Å². The Hall–Kier alpha value is -1.03. The third-order valence-corrected chi connectivity index (χ3v) is 2.56. The molecule has 0 aliphatic carbocycles. The fourth-order valence-electron chi connectivity index (χ4n) is 1.45. The van der Waals surface area contributed by atoms with Gasteiger partial charge in [0.25, 0.3) is 0 Å². The molecular formula is C16H31NO7. The van der Waals surface area contributed by atoms with Gasteiger partial charge in [-0.05, 0) is 0 Å². The largest absolute Gasteiger partial charge is 0.463 e.